The molecule has 0 radical (unpaired) electrons. The third-order valence-electron chi connectivity index (χ3n) is 5.87. The van der Waals surface area contributed by atoms with Gasteiger partial charge in [0.25, 0.3) is 0 Å². The Balaban J connectivity index is 3.30. The van der Waals surface area contributed by atoms with Crippen molar-refractivity contribution in [2.45, 2.75) is 128 Å². The highest BCUT2D eigenvalue weighted by Gasteiger charge is 2.04. The molecule has 0 saturated heterocycles. The molecule has 0 aliphatic rings. The van der Waals surface area contributed by atoms with E-state index < -0.39 is 0 Å². The van der Waals surface area contributed by atoms with Gasteiger partial charge in [0.15, 0.2) is 0 Å². The molecule has 2 N–H and O–H groups in total. The van der Waals surface area contributed by atoms with Gasteiger partial charge in [0.05, 0.1) is 0 Å². The van der Waals surface area contributed by atoms with Crippen molar-refractivity contribution in [3.63, 3.8) is 0 Å². The van der Waals surface area contributed by atoms with Gasteiger partial charge in [-0.05, 0) is 51.4 Å². The van der Waals surface area contributed by atoms with Crippen LogP contribution in [-0.2, 0) is 9.59 Å². The first-order chi connectivity index (χ1) is 15.7. The van der Waals surface area contributed by atoms with Crippen molar-refractivity contribution in [1.29, 1.82) is 0 Å². The van der Waals surface area contributed by atoms with E-state index in [9.17, 15) is 9.59 Å². The molecule has 0 aromatic rings. The Morgan fingerprint density at radius 1 is 0.469 bits per heavy atom. The van der Waals surface area contributed by atoms with Crippen molar-refractivity contribution >= 4 is 11.8 Å². The number of nitrogens with one attached hydrogen (secondary N) is 2. The summed E-state index contributed by atoms with van der Waals surface area (Å²) in [7, 11) is 0. The molecule has 0 aliphatic heterocycles. The number of allylic oxidation sites excluding steroid dienone is 2. The Morgan fingerprint density at radius 2 is 0.781 bits per heavy atom. The number of carbonyl (C=O) groups is 2. The molecular formula is C28H52N2O2. The second-order valence-electron chi connectivity index (χ2n) is 9.01. The molecule has 4 heteroatoms. The first kappa shape index (κ1) is 30.4. The predicted molar refractivity (Wildman–Crippen MR) is 139 cm³/mol. The van der Waals surface area contributed by atoms with Gasteiger partial charge < -0.3 is 10.6 Å². The number of rotatable bonds is 25. The van der Waals surface area contributed by atoms with Crippen molar-refractivity contribution in [3.8, 4) is 0 Å². The fourth-order valence-corrected chi connectivity index (χ4v) is 3.80. The molecular weight excluding hydrogens is 396 g/mol. The number of unbranched alkanes of at least 4 members (excludes halogenated alkanes) is 15. The zero-order valence-electron chi connectivity index (χ0n) is 20.9. The molecule has 0 bridgehead atoms. The van der Waals surface area contributed by atoms with Crippen molar-refractivity contribution < 1.29 is 9.59 Å². The van der Waals surface area contributed by atoms with Crippen molar-refractivity contribution in [3.05, 3.63) is 25.3 Å². The molecule has 0 fully saturated rings. The summed E-state index contributed by atoms with van der Waals surface area (Å²) in [6.45, 7) is 9.06. The molecule has 0 saturated carbocycles. The maximum absolute atomic E-state index is 11.9. The summed E-state index contributed by atoms with van der Waals surface area (Å²) in [6.07, 6.45) is 26.3. The molecule has 0 unspecified atom stereocenters. The van der Waals surface area contributed by atoms with Crippen LogP contribution in [0.15, 0.2) is 25.3 Å². The van der Waals surface area contributed by atoms with E-state index in [0.717, 1.165) is 51.6 Å². The van der Waals surface area contributed by atoms with Gasteiger partial charge in [0.2, 0.25) is 11.8 Å². The molecule has 0 spiro atoms. The molecule has 0 aliphatic carbocycles. The van der Waals surface area contributed by atoms with Gasteiger partial charge in [0, 0.05) is 25.9 Å². The summed E-state index contributed by atoms with van der Waals surface area (Å²) < 4.78 is 0. The van der Waals surface area contributed by atoms with Crippen molar-refractivity contribution in [1.82, 2.24) is 10.6 Å². The molecule has 0 heterocycles. The average Bonchev–Trinajstić information content (AvgIpc) is 2.79. The summed E-state index contributed by atoms with van der Waals surface area (Å²) in [5.74, 6) is 0.249. The molecule has 2 amide bonds. The second kappa shape index (κ2) is 25.7. The van der Waals surface area contributed by atoms with E-state index >= 15 is 0 Å². The van der Waals surface area contributed by atoms with Gasteiger partial charge in [-0.1, -0.05) is 76.4 Å². The van der Waals surface area contributed by atoms with Gasteiger partial charge in [0.1, 0.15) is 0 Å². The van der Waals surface area contributed by atoms with Crippen LogP contribution in [-0.4, -0.2) is 24.9 Å². The van der Waals surface area contributed by atoms with E-state index in [4.69, 9.17) is 0 Å². The monoisotopic (exact) mass is 448 g/mol. The molecule has 0 rings (SSSR count). The van der Waals surface area contributed by atoms with Gasteiger partial charge >= 0.3 is 0 Å². The van der Waals surface area contributed by atoms with E-state index in [1.807, 2.05) is 12.2 Å². The van der Waals surface area contributed by atoms with Gasteiger partial charge in [-0.3, -0.25) is 9.59 Å². The third-order valence-corrected chi connectivity index (χ3v) is 5.87. The lowest BCUT2D eigenvalue weighted by molar-refractivity contribution is -0.123. The van der Waals surface area contributed by atoms with Crippen LogP contribution in [0.3, 0.4) is 0 Å². The Bertz CT molecular complexity index is 420. The second-order valence-corrected chi connectivity index (χ2v) is 9.01. The molecule has 186 valence electrons. The van der Waals surface area contributed by atoms with E-state index in [1.54, 1.807) is 0 Å². The van der Waals surface area contributed by atoms with E-state index in [2.05, 4.69) is 23.8 Å². The van der Waals surface area contributed by atoms with E-state index in [0.29, 0.717) is 12.8 Å². The van der Waals surface area contributed by atoms with Crippen molar-refractivity contribution in [2.75, 3.05) is 13.1 Å². The van der Waals surface area contributed by atoms with Crippen LogP contribution in [0.5, 0.6) is 0 Å². The first-order valence-electron chi connectivity index (χ1n) is 13.5. The third kappa shape index (κ3) is 24.7. The topological polar surface area (TPSA) is 58.2 Å². The largest absolute Gasteiger partial charge is 0.356 e. The minimum atomic E-state index is 0.124. The Morgan fingerprint density at radius 3 is 1.12 bits per heavy atom. The van der Waals surface area contributed by atoms with Crippen LogP contribution >= 0.6 is 0 Å². The van der Waals surface area contributed by atoms with Crippen LogP contribution in [0.25, 0.3) is 0 Å². The summed E-state index contributed by atoms with van der Waals surface area (Å²) in [5, 5.41) is 6.01. The summed E-state index contributed by atoms with van der Waals surface area (Å²) in [6, 6.07) is 0. The zero-order chi connectivity index (χ0) is 23.5. The smallest absolute Gasteiger partial charge is 0.219 e. The number of hydrogen-bond donors (Lipinski definition) is 2. The minimum absolute atomic E-state index is 0.124. The Kier molecular flexibility index (Phi) is 24.4. The molecule has 4 nitrogen and oxygen atoms in total. The van der Waals surface area contributed by atoms with Gasteiger partial charge in [-0.2, -0.15) is 0 Å². The summed E-state index contributed by atoms with van der Waals surface area (Å²) in [5.41, 5.74) is 0. The van der Waals surface area contributed by atoms with E-state index in [1.165, 1.54) is 77.0 Å². The minimum Gasteiger partial charge on any atom is -0.356 e. The molecule has 0 aromatic heterocycles. The highest BCUT2D eigenvalue weighted by molar-refractivity contribution is 5.77. The van der Waals surface area contributed by atoms with Crippen LogP contribution in [0.4, 0.5) is 0 Å². The first-order valence-corrected chi connectivity index (χ1v) is 13.5. The lowest BCUT2D eigenvalue weighted by Gasteiger charge is -2.07. The summed E-state index contributed by atoms with van der Waals surface area (Å²) >= 11 is 0. The van der Waals surface area contributed by atoms with Crippen LogP contribution in [0, 0.1) is 0 Å². The average molecular weight is 449 g/mol. The van der Waals surface area contributed by atoms with Gasteiger partial charge in [-0.25, -0.2) is 0 Å². The maximum atomic E-state index is 11.9. The normalized spacial score (nSPS) is 10.6. The quantitative estimate of drug-likeness (QED) is 0.113. The summed E-state index contributed by atoms with van der Waals surface area (Å²) in [4.78, 5) is 23.7. The SMILES string of the molecule is C=CCCCCCCCCCNC(=O)CCCCC(=O)NCCCCCCCCCC=C. The number of carbonyl (C=O) groups excluding carboxylic acids is 2. The highest BCUT2D eigenvalue weighted by Crippen LogP contribution is 2.09. The zero-order valence-corrected chi connectivity index (χ0v) is 20.9. The predicted octanol–water partition coefficient (Wildman–Crippen LogP) is 7.39. The Hall–Kier alpha value is -1.58. The van der Waals surface area contributed by atoms with Crippen molar-refractivity contribution in [2.24, 2.45) is 0 Å². The molecule has 0 aromatic carbocycles. The van der Waals surface area contributed by atoms with E-state index in [-0.39, 0.29) is 11.8 Å². The molecule has 0 atom stereocenters. The lowest BCUT2D eigenvalue weighted by Crippen LogP contribution is -2.25. The van der Waals surface area contributed by atoms with Gasteiger partial charge in [-0.15, -0.1) is 13.2 Å². The number of hydrogen-bond acceptors (Lipinski definition) is 2. The maximum Gasteiger partial charge on any atom is 0.219 e. The lowest BCUT2D eigenvalue weighted by atomic mass is 10.1. The fourth-order valence-electron chi connectivity index (χ4n) is 3.80. The highest BCUT2D eigenvalue weighted by atomic mass is 16.2. The fraction of sp³-hybridized carbons (Fsp3) is 0.786. The van der Waals surface area contributed by atoms with Crippen LogP contribution in [0.2, 0.25) is 0 Å². The number of amides is 2. The van der Waals surface area contributed by atoms with Crippen LogP contribution in [0.1, 0.15) is 128 Å². The molecule has 32 heavy (non-hydrogen) atoms. The standard InChI is InChI=1S/C28H52N2O2/c1-3-5-7-9-11-13-15-17-21-25-29-27(31)23-19-20-24-28(32)30-26-22-18-16-14-12-10-8-6-4-2/h3-4H,1-2,5-26H2,(H,29,31)(H,30,32). The van der Waals surface area contributed by atoms with Crippen LogP contribution < -0.4 is 10.6 Å². The Labute approximate surface area is 199 Å².